The van der Waals surface area contributed by atoms with Crippen LogP contribution in [0.4, 0.5) is 0 Å². The minimum Gasteiger partial charge on any atom is -0.497 e. The van der Waals surface area contributed by atoms with Crippen molar-refractivity contribution in [3.05, 3.63) is 93.2 Å². The number of rotatable bonds is 9. The van der Waals surface area contributed by atoms with Gasteiger partial charge in [0.1, 0.15) is 18.3 Å². The Kier molecular flexibility index (Phi) is 9.57. The average Bonchev–Trinajstić information content (AvgIpc) is 2.97. The summed E-state index contributed by atoms with van der Waals surface area (Å²) in [5, 5.41) is 12.6. The predicted molar refractivity (Wildman–Crippen MR) is 163 cm³/mol. The minimum absolute atomic E-state index is 0.0285. The normalized spacial score (nSPS) is 22.1. The summed E-state index contributed by atoms with van der Waals surface area (Å²) in [5.74, 6) is -1.08. The van der Waals surface area contributed by atoms with Crippen LogP contribution in [-0.4, -0.2) is 60.3 Å². The van der Waals surface area contributed by atoms with Crippen LogP contribution in [0, 0.1) is 0 Å². The number of aliphatic hydroxyl groups is 1. The molecule has 4 atom stereocenters. The summed E-state index contributed by atoms with van der Waals surface area (Å²) in [6, 6.07) is 13.5. The molecule has 10 nitrogen and oxygen atoms in total. The number of nitrogens with zero attached hydrogens (tertiary/aromatic N) is 2. The van der Waals surface area contributed by atoms with Crippen molar-refractivity contribution in [2.24, 2.45) is 0 Å². The largest absolute Gasteiger partial charge is 0.497 e. The highest BCUT2D eigenvalue weighted by Gasteiger charge is 2.52. The molecule has 1 fully saturated rings. The van der Waals surface area contributed by atoms with Gasteiger partial charge < -0.3 is 9.84 Å². The fourth-order valence-electron chi connectivity index (χ4n) is 6.03. The SMILES string of the molecule is COc1ccc2c(c1)[C@@H](C(=O)NOCc1ccccn1)[C@H](c1ccc(Cl)cc1Cl)[N+]([C@H]1CCCC[C@@H]1NS(C)(=O)=O)=C2O. The van der Waals surface area contributed by atoms with Crippen LogP contribution in [0.2, 0.25) is 10.0 Å². The molecule has 228 valence electrons. The number of ether oxygens (including phenoxy) is 1. The summed E-state index contributed by atoms with van der Waals surface area (Å²) >= 11 is 13.0. The maximum Gasteiger partial charge on any atom is 0.368 e. The number of nitrogens with one attached hydrogen (secondary N) is 2. The third kappa shape index (κ3) is 6.97. The smallest absolute Gasteiger partial charge is 0.368 e. The molecule has 5 rings (SSSR count). The maximum absolute atomic E-state index is 14.2. The zero-order chi connectivity index (χ0) is 30.7. The molecule has 1 aliphatic carbocycles. The molecular weight excluding hydrogens is 615 g/mol. The van der Waals surface area contributed by atoms with Gasteiger partial charge in [-0.15, -0.1) is 0 Å². The van der Waals surface area contributed by atoms with E-state index in [9.17, 15) is 18.3 Å². The van der Waals surface area contributed by atoms with Gasteiger partial charge in [-0.05, 0) is 66.9 Å². The second kappa shape index (κ2) is 13.2. The second-order valence-corrected chi connectivity index (χ2v) is 13.3. The number of halogens is 2. The molecule has 2 heterocycles. The Labute approximate surface area is 260 Å². The number of hydrogen-bond acceptors (Lipinski definition) is 6. The van der Waals surface area contributed by atoms with Gasteiger partial charge in [-0.25, -0.2) is 18.6 Å². The number of aromatic nitrogens is 1. The van der Waals surface area contributed by atoms with Crippen LogP contribution in [-0.2, 0) is 26.3 Å². The number of hydrogen-bond donors (Lipinski definition) is 3. The van der Waals surface area contributed by atoms with Crippen LogP contribution in [0.1, 0.15) is 60.0 Å². The molecule has 1 amide bonds. The van der Waals surface area contributed by atoms with Crippen molar-refractivity contribution in [1.29, 1.82) is 0 Å². The number of benzene rings is 2. The van der Waals surface area contributed by atoms with Gasteiger partial charge in [0.05, 0.1) is 35.7 Å². The van der Waals surface area contributed by atoms with Crippen molar-refractivity contribution >= 4 is 45.0 Å². The fourth-order valence-corrected chi connectivity index (χ4v) is 7.38. The maximum atomic E-state index is 14.2. The van der Waals surface area contributed by atoms with Gasteiger partial charge >= 0.3 is 5.90 Å². The molecule has 13 heteroatoms. The molecule has 2 aliphatic rings. The Hall–Kier alpha value is -3.22. The highest BCUT2D eigenvalue weighted by Crippen LogP contribution is 2.45. The Bertz CT molecular complexity index is 1640. The van der Waals surface area contributed by atoms with Crippen molar-refractivity contribution in [3.8, 4) is 5.75 Å². The number of methoxy groups -OCH3 is 1. The average molecular weight is 649 g/mol. The van der Waals surface area contributed by atoms with Crippen LogP contribution < -0.4 is 14.9 Å². The predicted octanol–water partition coefficient (Wildman–Crippen LogP) is 4.66. The van der Waals surface area contributed by atoms with E-state index in [0.29, 0.717) is 46.0 Å². The zero-order valence-corrected chi connectivity index (χ0v) is 26.0. The summed E-state index contributed by atoms with van der Waals surface area (Å²) in [7, 11) is -2.06. The van der Waals surface area contributed by atoms with Gasteiger partial charge in [-0.1, -0.05) is 35.7 Å². The zero-order valence-electron chi connectivity index (χ0n) is 23.7. The van der Waals surface area contributed by atoms with E-state index >= 15 is 0 Å². The van der Waals surface area contributed by atoms with E-state index in [1.54, 1.807) is 59.3 Å². The monoisotopic (exact) mass is 647 g/mol. The second-order valence-electron chi connectivity index (χ2n) is 10.7. The van der Waals surface area contributed by atoms with E-state index in [1.165, 1.54) is 7.11 Å². The quantitative estimate of drug-likeness (QED) is 0.227. The molecule has 3 aromatic rings. The standard InChI is InChI=1S/C30H32Cl2N4O6S/c1-41-20-11-13-21-23(16-20)27(29(37)34-42-17-19-7-5-6-14-33-19)28(22-12-10-18(31)15-24(22)32)36(30(21)38)26-9-4-3-8-25(26)35-43(2,39)40/h5-7,10-16,25-28,35H,3-4,8-9,17H2,1-2H3,(H,34,37)/p+1/t25-,26-,27+,28-/m0/s1. The molecule has 0 bridgehead atoms. The van der Waals surface area contributed by atoms with Crippen molar-refractivity contribution < 1.29 is 32.5 Å². The minimum atomic E-state index is -3.58. The van der Waals surface area contributed by atoms with Gasteiger partial charge in [0.2, 0.25) is 10.0 Å². The first kappa shape index (κ1) is 31.2. The summed E-state index contributed by atoms with van der Waals surface area (Å²) in [6.07, 6.45) is 5.48. The molecule has 0 saturated heterocycles. The molecule has 0 radical (unpaired) electrons. The number of amides is 1. The number of carbonyl (C=O) groups excluding carboxylic acids is 1. The Balaban J connectivity index is 1.66. The van der Waals surface area contributed by atoms with Gasteiger partial charge in [0.25, 0.3) is 5.91 Å². The van der Waals surface area contributed by atoms with Gasteiger partial charge in [-0.3, -0.25) is 14.6 Å². The lowest BCUT2D eigenvalue weighted by Crippen LogP contribution is -2.55. The van der Waals surface area contributed by atoms with Gasteiger partial charge in [-0.2, -0.15) is 4.58 Å². The first-order valence-electron chi connectivity index (χ1n) is 13.8. The number of hydroxylamine groups is 1. The molecule has 1 saturated carbocycles. The van der Waals surface area contributed by atoms with Gasteiger partial charge in [0, 0.05) is 23.2 Å². The highest BCUT2D eigenvalue weighted by atomic mass is 35.5. The lowest BCUT2D eigenvalue weighted by Gasteiger charge is -2.37. The first-order chi connectivity index (χ1) is 20.6. The van der Waals surface area contributed by atoms with Crippen molar-refractivity contribution in [2.75, 3.05) is 13.4 Å². The number of aliphatic hydroxyl groups excluding tert-OH is 1. The van der Waals surface area contributed by atoms with E-state index < -0.39 is 40.0 Å². The molecular formula is C30H33Cl2N4O6S+. The van der Waals surface area contributed by atoms with E-state index in [4.69, 9.17) is 32.8 Å². The van der Waals surface area contributed by atoms with E-state index in [2.05, 4.69) is 15.2 Å². The molecule has 0 spiro atoms. The first-order valence-corrected chi connectivity index (χ1v) is 16.5. The third-order valence-electron chi connectivity index (χ3n) is 7.83. The van der Waals surface area contributed by atoms with Crippen LogP contribution >= 0.6 is 23.2 Å². The number of carbonyl (C=O) groups is 1. The lowest BCUT2D eigenvalue weighted by atomic mass is 9.78. The highest BCUT2D eigenvalue weighted by molar-refractivity contribution is 7.88. The number of fused-ring (bicyclic) bond motifs is 1. The van der Waals surface area contributed by atoms with E-state index in [1.807, 2.05) is 6.07 Å². The molecule has 43 heavy (non-hydrogen) atoms. The van der Waals surface area contributed by atoms with Crippen molar-refractivity contribution in [1.82, 2.24) is 15.2 Å². The fraction of sp³-hybridized carbons (Fsp3) is 0.367. The number of sulfonamides is 1. The van der Waals surface area contributed by atoms with E-state index in [-0.39, 0.29) is 17.5 Å². The van der Waals surface area contributed by atoms with Gasteiger partial charge in [0.15, 0.2) is 12.1 Å². The Morgan fingerprint density at radius 3 is 2.58 bits per heavy atom. The molecule has 2 aromatic carbocycles. The summed E-state index contributed by atoms with van der Waals surface area (Å²) < 4.78 is 34.8. The topological polar surface area (TPSA) is 130 Å². The molecule has 1 aliphatic heterocycles. The van der Waals surface area contributed by atoms with Crippen molar-refractivity contribution in [3.63, 3.8) is 0 Å². The van der Waals surface area contributed by atoms with Crippen LogP contribution in [0.5, 0.6) is 5.75 Å². The van der Waals surface area contributed by atoms with Crippen molar-refractivity contribution in [2.45, 2.75) is 56.3 Å². The third-order valence-corrected chi connectivity index (χ3v) is 9.12. The summed E-state index contributed by atoms with van der Waals surface area (Å²) in [4.78, 5) is 24.0. The molecule has 0 unspecified atom stereocenters. The Morgan fingerprint density at radius 1 is 1.09 bits per heavy atom. The van der Waals surface area contributed by atoms with Crippen LogP contribution in [0.25, 0.3) is 0 Å². The summed E-state index contributed by atoms with van der Waals surface area (Å²) in [5.41, 5.74) is 4.63. The van der Waals surface area contributed by atoms with Crippen LogP contribution in [0.3, 0.4) is 0 Å². The number of pyridine rings is 1. The Morgan fingerprint density at radius 2 is 1.88 bits per heavy atom. The lowest BCUT2D eigenvalue weighted by molar-refractivity contribution is -0.622. The van der Waals surface area contributed by atoms with Crippen LogP contribution in [0.15, 0.2) is 60.8 Å². The molecule has 3 N–H and O–H groups in total. The molecule has 1 aromatic heterocycles. The van der Waals surface area contributed by atoms with E-state index in [0.717, 1.165) is 19.1 Å². The summed E-state index contributed by atoms with van der Waals surface area (Å²) in [6.45, 7) is 0.0285.